The van der Waals surface area contributed by atoms with Gasteiger partial charge in [0, 0.05) is 11.7 Å². The summed E-state index contributed by atoms with van der Waals surface area (Å²) in [6, 6.07) is 10.5. The maximum Gasteiger partial charge on any atom is 0.308 e. The highest BCUT2D eigenvalue weighted by atomic mass is 32.2. The van der Waals surface area contributed by atoms with Crippen LogP contribution in [0.5, 0.6) is 5.75 Å². The average Bonchev–Trinajstić information content (AvgIpc) is 3.01. The number of amides is 1. The number of benzene rings is 2. The fourth-order valence-corrected chi connectivity index (χ4v) is 5.60. The molecule has 3 aromatic rings. The molecule has 0 bridgehead atoms. The van der Waals surface area contributed by atoms with Gasteiger partial charge in [0.25, 0.3) is 5.91 Å². The molecular weight excluding hydrogens is 438 g/mol. The average molecular weight is 462 g/mol. The van der Waals surface area contributed by atoms with Crippen LogP contribution in [0.2, 0.25) is 0 Å². The van der Waals surface area contributed by atoms with Gasteiger partial charge in [-0.3, -0.25) is 18.5 Å². The zero-order valence-corrected chi connectivity index (χ0v) is 19.2. The number of thiazole rings is 1. The summed E-state index contributed by atoms with van der Waals surface area (Å²) in [5, 5.41) is 2.79. The van der Waals surface area contributed by atoms with Gasteiger partial charge in [-0.25, -0.2) is 8.42 Å². The van der Waals surface area contributed by atoms with E-state index in [1.54, 1.807) is 41.0 Å². The highest BCUT2D eigenvalue weighted by Gasteiger charge is 2.35. The second-order valence-electron chi connectivity index (χ2n) is 7.88. The molecule has 1 atom stereocenters. The molecule has 10 heteroatoms. The number of aromatic nitrogens is 1. The van der Waals surface area contributed by atoms with Crippen LogP contribution in [0.3, 0.4) is 0 Å². The van der Waals surface area contributed by atoms with E-state index in [-0.39, 0.29) is 17.5 Å². The predicted molar refractivity (Wildman–Crippen MR) is 123 cm³/mol. The molecule has 1 amide bonds. The molecule has 0 saturated carbocycles. The fraction of sp³-hybridized carbons (Fsp3) is 0.333. The van der Waals surface area contributed by atoms with Crippen LogP contribution in [0.25, 0.3) is 10.2 Å². The summed E-state index contributed by atoms with van der Waals surface area (Å²) in [7, 11) is -3.59. The van der Waals surface area contributed by atoms with Crippen molar-refractivity contribution < 1.29 is 17.9 Å². The normalized spacial score (nSPS) is 16.3. The molecule has 8 nitrogen and oxygen atoms in total. The van der Waals surface area contributed by atoms with Crippen molar-refractivity contribution in [3.63, 3.8) is 0 Å². The number of hydrogen-bond acceptors (Lipinski definition) is 6. The van der Waals surface area contributed by atoms with Crippen LogP contribution in [0.1, 0.15) is 25.5 Å². The van der Waals surface area contributed by atoms with E-state index in [0.717, 1.165) is 33.4 Å². The lowest BCUT2D eigenvalue weighted by molar-refractivity contribution is -0.122. The summed E-state index contributed by atoms with van der Waals surface area (Å²) in [6.45, 7) is 5.62. The predicted octanol–water partition coefficient (Wildman–Crippen LogP) is 3.12. The summed E-state index contributed by atoms with van der Waals surface area (Å²) < 4.78 is 34.1. The van der Waals surface area contributed by atoms with Crippen molar-refractivity contribution in [1.82, 2.24) is 4.57 Å². The highest BCUT2D eigenvalue weighted by Crippen LogP contribution is 2.36. The Balaban J connectivity index is 1.62. The molecule has 4 rings (SSSR count). The molecular formula is C21H23N3O5S2. The molecule has 0 aliphatic carbocycles. The van der Waals surface area contributed by atoms with Gasteiger partial charge < -0.3 is 10.1 Å². The molecule has 2 aromatic carbocycles. The Kier molecular flexibility index (Phi) is 5.30. The van der Waals surface area contributed by atoms with Crippen molar-refractivity contribution >= 4 is 48.9 Å². The van der Waals surface area contributed by atoms with Gasteiger partial charge in [-0.1, -0.05) is 17.4 Å². The van der Waals surface area contributed by atoms with E-state index in [1.807, 2.05) is 20.8 Å². The monoisotopic (exact) mass is 461 g/mol. The summed E-state index contributed by atoms with van der Waals surface area (Å²) >= 11 is 1.12. The lowest BCUT2D eigenvalue weighted by atomic mass is 10.1. The first-order valence-corrected chi connectivity index (χ1v) is 12.4. The van der Waals surface area contributed by atoms with Gasteiger partial charge in [0.15, 0.2) is 6.10 Å². The Bertz CT molecular complexity index is 1340. The van der Waals surface area contributed by atoms with Crippen molar-refractivity contribution in [2.45, 2.75) is 32.9 Å². The third kappa shape index (κ3) is 4.05. The van der Waals surface area contributed by atoms with Crippen LogP contribution < -0.4 is 19.2 Å². The standard InChI is InChI=1S/C21H23N3O5S2/c1-12(2)24-16-8-6-14(10-19(16)30-21(24)26)22-20(25)18-11-23(31(4,27)28)15-7-5-13(3)9-17(15)29-18/h5-10,12,18H,11H2,1-4H3,(H,22,25). The summed E-state index contributed by atoms with van der Waals surface area (Å²) in [5.41, 5.74) is 2.63. The quantitative estimate of drug-likeness (QED) is 0.644. The van der Waals surface area contributed by atoms with Crippen molar-refractivity contribution in [3.05, 3.63) is 51.6 Å². The minimum atomic E-state index is -3.59. The Morgan fingerprint density at radius 2 is 1.97 bits per heavy atom. The maximum absolute atomic E-state index is 12.9. The number of hydrogen-bond donors (Lipinski definition) is 1. The van der Waals surface area contributed by atoms with Crippen LogP contribution in [-0.4, -0.2) is 37.8 Å². The van der Waals surface area contributed by atoms with Crippen LogP contribution >= 0.6 is 11.3 Å². The number of carbonyl (C=O) groups excluding carboxylic acids is 1. The largest absolute Gasteiger partial charge is 0.476 e. The van der Waals surface area contributed by atoms with Crippen LogP contribution in [0, 0.1) is 6.92 Å². The van der Waals surface area contributed by atoms with Gasteiger partial charge >= 0.3 is 4.87 Å². The van der Waals surface area contributed by atoms with Crippen molar-refractivity contribution in [1.29, 1.82) is 0 Å². The van der Waals surface area contributed by atoms with Gasteiger partial charge in [0.05, 0.1) is 28.7 Å². The third-order valence-corrected chi connectivity index (χ3v) is 7.14. The molecule has 31 heavy (non-hydrogen) atoms. The molecule has 1 aromatic heterocycles. The zero-order valence-electron chi connectivity index (χ0n) is 17.6. The van der Waals surface area contributed by atoms with E-state index in [9.17, 15) is 18.0 Å². The Morgan fingerprint density at radius 1 is 1.23 bits per heavy atom. The van der Waals surface area contributed by atoms with Gasteiger partial charge in [-0.05, 0) is 56.7 Å². The molecule has 0 radical (unpaired) electrons. The number of nitrogens with zero attached hydrogens (tertiary/aromatic N) is 2. The van der Waals surface area contributed by atoms with Crippen molar-refractivity contribution in [2.24, 2.45) is 0 Å². The first-order chi connectivity index (χ1) is 14.5. The van der Waals surface area contributed by atoms with Crippen molar-refractivity contribution in [2.75, 3.05) is 22.4 Å². The minimum Gasteiger partial charge on any atom is -0.476 e. The van der Waals surface area contributed by atoms with E-state index in [1.165, 1.54) is 4.31 Å². The lowest BCUT2D eigenvalue weighted by Gasteiger charge is -2.34. The topological polar surface area (TPSA) is 97.7 Å². The first kappa shape index (κ1) is 21.4. The number of carbonyl (C=O) groups is 1. The summed E-state index contributed by atoms with van der Waals surface area (Å²) in [6.07, 6.45) is 0.0882. The van der Waals surface area contributed by atoms with E-state index in [2.05, 4.69) is 5.32 Å². The second kappa shape index (κ2) is 7.69. The number of nitrogens with one attached hydrogen (secondary N) is 1. The number of fused-ring (bicyclic) bond motifs is 2. The number of anilines is 2. The SMILES string of the molecule is Cc1ccc2c(c1)OC(C(=O)Nc1ccc3c(c1)sc(=O)n3C(C)C)CN2S(C)(=O)=O. The molecule has 0 saturated heterocycles. The fourth-order valence-electron chi connectivity index (χ4n) is 3.64. The smallest absolute Gasteiger partial charge is 0.308 e. The number of rotatable bonds is 4. The lowest BCUT2D eigenvalue weighted by Crippen LogP contribution is -2.48. The summed E-state index contributed by atoms with van der Waals surface area (Å²) in [5.74, 6) is -0.115. The highest BCUT2D eigenvalue weighted by molar-refractivity contribution is 7.92. The maximum atomic E-state index is 12.9. The molecule has 164 valence electrons. The Morgan fingerprint density at radius 3 is 2.65 bits per heavy atom. The van der Waals surface area contributed by atoms with Gasteiger partial charge in [0.1, 0.15) is 5.75 Å². The summed E-state index contributed by atoms with van der Waals surface area (Å²) in [4.78, 5) is 25.1. The van der Waals surface area contributed by atoms with E-state index < -0.39 is 22.0 Å². The number of sulfonamides is 1. The molecule has 1 aliphatic heterocycles. The molecule has 0 fully saturated rings. The molecule has 0 spiro atoms. The molecule has 1 aliphatic rings. The molecule has 1 N–H and O–H groups in total. The number of aryl methyl sites for hydroxylation is 1. The second-order valence-corrected chi connectivity index (χ2v) is 10.8. The number of ether oxygens (including phenoxy) is 1. The van der Waals surface area contributed by atoms with E-state index in [0.29, 0.717) is 17.1 Å². The van der Waals surface area contributed by atoms with E-state index >= 15 is 0 Å². The van der Waals surface area contributed by atoms with Crippen LogP contribution in [0.15, 0.2) is 41.2 Å². The van der Waals surface area contributed by atoms with Gasteiger partial charge in [-0.2, -0.15) is 0 Å². The van der Waals surface area contributed by atoms with Gasteiger partial charge in [-0.15, -0.1) is 0 Å². The molecule has 2 heterocycles. The van der Waals surface area contributed by atoms with Crippen LogP contribution in [-0.2, 0) is 14.8 Å². The molecule has 1 unspecified atom stereocenters. The zero-order chi connectivity index (χ0) is 22.5. The third-order valence-electron chi connectivity index (χ3n) is 5.07. The van der Waals surface area contributed by atoms with Gasteiger partial charge in [0.2, 0.25) is 10.0 Å². The Labute approximate surface area is 184 Å². The Hall–Kier alpha value is -2.85. The minimum absolute atomic E-state index is 0.0304. The first-order valence-electron chi connectivity index (χ1n) is 9.75. The van der Waals surface area contributed by atoms with Crippen LogP contribution in [0.4, 0.5) is 11.4 Å². The van der Waals surface area contributed by atoms with E-state index in [4.69, 9.17) is 4.74 Å². The van der Waals surface area contributed by atoms with Crippen molar-refractivity contribution in [3.8, 4) is 5.75 Å².